The van der Waals surface area contributed by atoms with Gasteiger partial charge in [-0.2, -0.15) is 0 Å². The highest BCUT2D eigenvalue weighted by Crippen LogP contribution is 2.28. The number of nitrogens with zero attached hydrogens (tertiary/aromatic N) is 1. The SMILES string of the molecule is COc1ccc(Nc2ccnc3c(N)cccc23)cc1. The van der Waals surface area contributed by atoms with Crippen LogP contribution in [-0.4, -0.2) is 12.1 Å². The number of para-hydroxylation sites is 1. The van der Waals surface area contributed by atoms with Crippen LogP contribution < -0.4 is 15.8 Å². The first kappa shape index (κ1) is 12.3. The van der Waals surface area contributed by atoms with Crippen LogP contribution in [0.5, 0.6) is 5.75 Å². The first-order chi connectivity index (χ1) is 9.78. The maximum atomic E-state index is 5.95. The zero-order chi connectivity index (χ0) is 13.9. The summed E-state index contributed by atoms with van der Waals surface area (Å²) in [4.78, 5) is 4.33. The molecule has 0 aliphatic carbocycles. The van der Waals surface area contributed by atoms with Gasteiger partial charge >= 0.3 is 0 Å². The van der Waals surface area contributed by atoms with Crippen molar-refractivity contribution in [2.45, 2.75) is 0 Å². The molecule has 0 atom stereocenters. The van der Waals surface area contributed by atoms with Gasteiger partial charge in [0.05, 0.1) is 18.3 Å². The van der Waals surface area contributed by atoms with Crippen LogP contribution in [0.15, 0.2) is 54.7 Å². The van der Waals surface area contributed by atoms with Crippen molar-refractivity contribution < 1.29 is 4.74 Å². The third kappa shape index (κ3) is 2.23. The van der Waals surface area contributed by atoms with E-state index in [2.05, 4.69) is 10.3 Å². The topological polar surface area (TPSA) is 60.2 Å². The smallest absolute Gasteiger partial charge is 0.119 e. The highest BCUT2D eigenvalue weighted by atomic mass is 16.5. The average Bonchev–Trinajstić information content (AvgIpc) is 2.49. The molecule has 0 spiro atoms. The Kier molecular flexibility index (Phi) is 3.13. The van der Waals surface area contributed by atoms with Gasteiger partial charge in [-0.15, -0.1) is 0 Å². The normalized spacial score (nSPS) is 10.4. The lowest BCUT2D eigenvalue weighted by Gasteiger charge is -2.10. The first-order valence-electron chi connectivity index (χ1n) is 6.32. The number of benzene rings is 2. The number of hydrogen-bond acceptors (Lipinski definition) is 4. The van der Waals surface area contributed by atoms with Crippen molar-refractivity contribution in [1.82, 2.24) is 4.98 Å². The number of nitrogen functional groups attached to an aromatic ring is 1. The van der Waals surface area contributed by atoms with E-state index in [1.54, 1.807) is 13.3 Å². The second kappa shape index (κ2) is 5.09. The van der Waals surface area contributed by atoms with Gasteiger partial charge in [-0.3, -0.25) is 4.98 Å². The highest BCUT2D eigenvalue weighted by Gasteiger charge is 2.04. The molecule has 1 aromatic heterocycles. The molecule has 2 aromatic carbocycles. The Labute approximate surface area is 117 Å². The Morgan fingerprint density at radius 1 is 1.05 bits per heavy atom. The molecule has 3 rings (SSSR count). The minimum atomic E-state index is 0.681. The van der Waals surface area contributed by atoms with E-state index in [0.717, 1.165) is 28.0 Å². The molecule has 3 aromatic rings. The molecular weight excluding hydrogens is 250 g/mol. The summed E-state index contributed by atoms with van der Waals surface area (Å²) in [5.74, 6) is 0.833. The van der Waals surface area contributed by atoms with E-state index in [1.807, 2.05) is 48.5 Å². The van der Waals surface area contributed by atoms with Crippen molar-refractivity contribution in [3.05, 3.63) is 54.7 Å². The summed E-state index contributed by atoms with van der Waals surface area (Å²) in [6.07, 6.45) is 1.75. The van der Waals surface area contributed by atoms with Crippen LogP contribution in [0.25, 0.3) is 10.9 Å². The van der Waals surface area contributed by atoms with Crippen LogP contribution >= 0.6 is 0 Å². The average molecular weight is 265 g/mol. The monoisotopic (exact) mass is 265 g/mol. The second-order valence-electron chi connectivity index (χ2n) is 4.46. The molecule has 0 amide bonds. The molecule has 0 unspecified atom stereocenters. The zero-order valence-electron chi connectivity index (χ0n) is 11.1. The number of nitrogens with one attached hydrogen (secondary N) is 1. The number of fused-ring (bicyclic) bond motifs is 1. The fraction of sp³-hybridized carbons (Fsp3) is 0.0625. The van der Waals surface area contributed by atoms with Crippen molar-refractivity contribution in [3.8, 4) is 5.75 Å². The van der Waals surface area contributed by atoms with E-state index in [4.69, 9.17) is 10.5 Å². The van der Waals surface area contributed by atoms with Crippen LogP contribution in [-0.2, 0) is 0 Å². The zero-order valence-corrected chi connectivity index (χ0v) is 11.1. The molecule has 4 nitrogen and oxygen atoms in total. The maximum Gasteiger partial charge on any atom is 0.119 e. The Bertz CT molecular complexity index is 738. The fourth-order valence-corrected chi connectivity index (χ4v) is 2.14. The van der Waals surface area contributed by atoms with E-state index >= 15 is 0 Å². The molecule has 0 bridgehead atoms. The van der Waals surface area contributed by atoms with Gasteiger partial charge < -0.3 is 15.8 Å². The van der Waals surface area contributed by atoms with Gasteiger partial charge in [0.1, 0.15) is 5.75 Å². The number of hydrogen-bond donors (Lipinski definition) is 2. The first-order valence-corrected chi connectivity index (χ1v) is 6.32. The number of nitrogens with two attached hydrogens (primary N) is 1. The largest absolute Gasteiger partial charge is 0.497 e. The highest BCUT2D eigenvalue weighted by molar-refractivity contribution is 5.98. The van der Waals surface area contributed by atoms with E-state index in [9.17, 15) is 0 Å². The summed E-state index contributed by atoms with van der Waals surface area (Å²) in [6, 6.07) is 15.5. The van der Waals surface area contributed by atoms with Gasteiger partial charge in [0.25, 0.3) is 0 Å². The van der Waals surface area contributed by atoms with E-state index in [-0.39, 0.29) is 0 Å². The van der Waals surface area contributed by atoms with Crippen molar-refractivity contribution >= 4 is 28.0 Å². The molecule has 0 aliphatic heterocycles. The second-order valence-corrected chi connectivity index (χ2v) is 4.46. The number of rotatable bonds is 3. The Morgan fingerprint density at radius 3 is 2.60 bits per heavy atom. The third-order valence-corrected chi connectivity index (χ3v) is 3.17. The summed E-state index contributed by atoms with van der Waals surface area (Å²) in [5.41, 5.74) is 9.41. The number of ether oxygens (including phenoxy) is 1. The summed E-state index contributed by atoms with van der Waals surface area (Å²) in [5, 5.41) is 4.38. The molecule has 20 heavy (non-hydrogen) atoms. The minimum absolute atomic E-state index is 0.681. The van der Waals surface area contributed by atoms with E-state index in [0.29, 0.717) is 5.69 Å². The van der Waals surface area contributed by atoms with Gasteiger partial charge in [0.15, 0.2) is 0 Å². The summed E-state index contributed by atoms with van der Waals surface area (Å²) in [7, 11) is 1.65. The molecule has 0 aliphatic rings. The number of methoxy groups -OCH3 is 1. The summed E-state index contributed by atoms with van der Waals surface area (Å²) < 4.78 is 5.15. The van der Waals surface area contributed by atoms with Gasteiger partial charge in [-0.05, 0) is 36.4 Å². The standard InChI is InChI=1S/C16H15N3O/c1-20-12-7-5-11(6-8-12)19-15-9-10-18-16-13(15)3-2-4-14(16)17/h2-10H,17H2,1H3,(H,18,19). The minimum Gasteiger partial charge on any atom is -0.497 e. The third-order valence-electron chi connectivity index (χ3n) is 3.17. The van der Waals surface area contributed by atoms with Crippen LogP contribution in [0.2, 0.25) is 0 Å². The van der Waals surface area contributed by atoms with Gasteiger partial charge in [-0.1, -0.05) is 12.1 Å². The van der Waals surface area contributed by atoms with Gasteiger partial charge in [0.2, 0.25) is 0 Å². The molecule has 0 fully saturated rings. The molecular formula is C16H15N3O. The lowest BCUT2D eigenvalue weighted by molar-refractivity contribution is 0.415. The molecule has 0 saturated carbocycles. The summed E-state index contributed by atoms with van der Waals surface area (Å²) in [6.45, 7) is 0. The maximum absolute atomic E-state index is 5.95. The molecule has 100 valence electrons. The predicted molar refractivity (Wildman–Crippen MR) is 82.4 cm³/mol. The molecule has 1 heterocycles. The van der Waals surface area contributed by atoms with Crippen molar-refractivity contribution in [1.29, 1.82) is 0 Å². The molecule has 4 heteroatoms. The Balaban J connectivity index is 1.99. The molecule has 0 radical (unpaired) electrons. The van der Waals surface area contributed by atoms with E-state index in [1.165, 1.54) is 0 Å². The Hall–Kier alpha value is -2.75. The van der Waals surface area contributed by atoms with Gasteiger partial charge in [0, 0.05) is 23.0 Å². The molecule has 3 N–H and O–H groups in total. The van der Waals surface area contributed by atoms with Crippen LogP contribution in [0.3, 0.4) is 0 Å². The van der Waals surface area contributed by atoms with Crippen molar-refractivity contribution in [2.24, 2.45) is 0 Å². The van der Waals surface area contributed by atoms with Crippen LogP contribution in [0.1, 0.15) is 0 Å². The summed E-state index contributed by atoms with van der Waals surface area (Å²) >= 11 is 0. The quantitative estimate of drug-likeness (QED) is 0.711. The van der Waals surface area contributed by atoms with Crippen molar-refractivity contribution in [3.63, 3.8) is 0 Å². The number of pyridine rings is 1. The number of anilines is 3. The number of aromatic nitrogens is 1. The lowest BCUT2D eigenvalue weighted by Crippen LogP contribution is -1.95. The lowest BCUT2D eigenvalue weighted by atomic mass is 10.1. The van der Waals surface area contributed by atoms with Crippen molar-refractivity contribution in [2.75, 3.05) is 18.2 Å². The molecule has 0 saturated heterocycles. The fourth-order valence-electron chi connectivity index (χ4n) is 2.14. The predicted octanol–water partition coefficient (Wildman–Crippen LogP) is 3.57. The Morgan fingerprint density at radius 2 is 1.85 bits per heavy atom. The van der Waals surface area contributed by atoms with Gasteiger partial charge in [-0.25, -0.2) is 0 Å². The van der Waals surface area contributed by atoms with E-state index < -0.39 is 0 Å². The van der Waals surface area contributed by atoms with Crippen LogP contribution in [0.4, 0.5) is 17.1 Å². The van der Waals surface area contributed by atoms with Crippen LogP contribution in [0, 0.1) is 0 Å².